The topological polar surface area (TPSA) is 68.0 Å². The van der Waals surface area contributed by atoms with Crippen LogP contribution in [0.2, 0.25) is 0 Å². The summed E-state index contributed by atoms with van der Waals surface area (Å²) in [6.07, 6.45) is 0. The molecule has 1 N–H and O–H groups in total. The van der Waals surface area contributed by atoms with Crippen LogP contribution in [-0.2, 0) is 11.3 Å². The summed E-state index contributed by atoms with van der Waals surface area (Å²) in [6, 6.07) is 0. The van der Waals surface area contributed by atoms with Crippen molar-refractivity contribution in [2.24, 2.45) is 0 Å². The molecule has 1 aromatic rings. The van der Waals surface area contributed by atoms with Crippen LogP contribution in [0.1, 0.15) is 11.6 Å². The molecule has 0 unspecified atom stereocenters. The molecular formula is C7H9F2N3O2. The number of aromatic nitrogens is 3. The smallest absolute Gasteiger partial charge is 0.376 e. The van der Waals surface area contributed by atoms with E-state index in [0.29, 0.717) is 5.82 Å². The summed E-state index contributed by atoms with van der Waals surface area (Å²) < 4.78 is 26.3. The first-order valence-electron chi connectivity index (χ1n) is 3.82. The highest BCUT2D eigenvalue weighted by molar-refractivity contribution is 5.75. The number of carbonyl (C=O) groups is 1. The second kappa shape index (κ2) is 3.32. The Morgan fingerprint density at radius 1 is 1.57 bits per heavy atom. The number of rotatable bonds is 3. The van der Waals surface area contributed by atoms with Gasteiger partial charge in [-0.3, -0.25) is 0 Å². The van der Waals surface area contributed by atoms with E-state index in [9.17, 15) is 13.6 Å². The van der Waals surface area contributed by atoms with Gasteiger partial charge in [0.05, 0.1) is 0 Å². The second-order valence-electron chi connectivity index (χ2n) is 2.87. The lowest BCUT2D eigenvalue weighted by Crippen LogP contribution is -2.34. The summed E-state index contributed by atoms with van der Waals surface area (Å²) in [5.41, 5.74) is 0. The van der Waals surface area contributed by atoms with Crippen LogP contribution in [0.4, 0.5) is 8.78 Å². The van der Waals surface area contributed by atoms with E-state index in [-0.39, 0.29) is 5.82 Å². The molecule has 0 aliphatic carbocycles. The fourth-order valence-electron chi connectivity index (χ4n) is 0.967. The Balaban J connectivity index is 2.88. The molecular weight excluding hydrogens is 196 g/mol. The van der Waals surface area contributed by atoms with Gasteiger partial charge in [0.2, 0.25) is 0 Å². The van der Waals surface area contributed by atoms with Gasteiger partial charge in [0.15, 0.2) is 0 Å². The summed E-state index contributed by atoms with van der Waals surface area (Å²) >= 11 is 0. The third-order valence-electron chi connectivity index (χ3n) is 1.62. The van der Waals surface area contributed by atoms with Crippen molar-refractivity contribution >= 4 is 5.97 Å². The first kappa shape index (κ1) is 10.6. The van der Waals surface area contributed by atoms with E-state index in [1.807, 2.05) is 0 Å². The van der Waals surface area contributed by atoms with Crippen LogP contribution in [0.25, 0.3) is 0 Å². The lowest BCUT2D eigenvalue weighted by molar-refractivity contribution is -0.167. The van der Waals surface area contributed by atoms with Crippen LogP contribution in [-0.4, -0.2) is 31.8 Å². The number of nitrogens with zero attached hydrogens (tertiary/aromatic N) is 3. The number of alkyl halides is 2. The summed E-state index contributed by atoms with van der Waals surface area (Å²) in [5, 5.41) is 11.8. The number of aliphatic carboxylic acids is 1. The molecule has 78 valence electrons. The van der Waals surface area contributed by atoms with Crippen LogP contribution in [0, 0.1) is 13.8 Å². The van der Waals surface area contributed by atoms with Gasteiger partial charge in [0, 0.05) is 0 Å². The molecule has 0 fully saturated rings. The van der Waals surface area contributed by atoms with Gasteiger partial charge >= 0.3 is 11.9 Å². The average molecular weight is 205 g/mol. The highest BCUT2D eigenvalue weighted by Gasteiger charge is 2.40. The molecule has 0 radical (unpaired) electrons. The number of hydrogen-bond acceptors (Lipinski definition) is 3. The number of carboxylic acid groups (broad SMARTS) is 1. The molecule has 0 aromatic carbocycles. The fraction of sp³-hybridized carbons (Fsp3) is 0.571. The SMILES string of the molecule is Cc1nc(C)n(CC(F)(F)C(=O)O)n1. The zero-order valence-corrected chi connectivity index (χ0v) is 7.66. The van der Waals surface area contributed by atoms with Crippen molar-refractivity contribution in [3.8, 4) is 0 Å². The minimum Gasteiger partial charge on any atom is -0.477 e. The van der Waals surface area contributed by atoms with E-state index in [1.165, 1.54) is 6.92 Å². The molecule has 0 aliphatic rings. The predicted octanol–water partition coefficient (Wildman–Crippen LogP) is 0.615. The van der Waals surface area contributed by atoms with Crippen LogP contribution in [0.15, 0.2) is 0 Å². The standard InChI is InChI=1S/C7H9F2N3O2/c1-4-10-5(2)12(11-4)3-7(8,9)6(13)14/h3H2,1-2H3,(H,13,14). The molecule has 1 aromatic heterocycles. The average Bonchev–Trinajstić information content (AvgIpc) is 2.29. The Hall–Kier alpha value is -1.53. The quantitative estimate of drug-likeness (QED) is 0.785. The summed E-state index contributed by atoms with van der Waals surface area (Å²) in [5.74, 6) is -5.37. The molecule has 7 heteroatoms. The van der Waals surface area contributed by atoms with Crippen molar-refractivity contribution in [1.29, 1.82) is 0 Å². The highest BCUT2D eigenvalue weighted by Crippen LogP contribution is 2.16. The lowest BCUT2D eigenvalue weighted by Gasteiger charge is -2.11. The molecule has 0 amide bonds. The van der Waals surface area contributed by atoms with E-state index in [0.717, 1.165) is 4.68 Å². The Kier molecular flexibility index (Phi) is 2.50. The fourth-order valence-corrected chi connectivity index (χ4v) is 0.967. The first-order valence-corrected chi connectivity index (χ1v) is 3.82. The maximum Gasteiger partial charge on any atom is 0.376 e. The summed E-state index contributed by atoms with van der Waals surface area (Å²) in [7, 11) is 0. The molecule has 0 saturated carbocycles. The van der Waals surface area contributed by atoms with E-state index in [4.69, 9.17) is 5.11 Å². The zero-order chi connectivity index (χ0) is 10.9. The van der Waals surface area contributed by atoms with Gasteiger partial charge in [-0.25, -0.2) is 14.5 Å². The van der Waals surface area contributed by atoms with Crippen LogP contribution in [0.5, 0.6) is 0 Å². The van der Waals surface area contributed by atoms with Crippen LogP contribution >= 0.6 is 0 Å². The van der Waals surface area contributed by atoms with Gasteiger partial charge in [-0.2, -0.15) is 13.9 Å². The molecule has 1 rings (SSSR count). The monoisotopic (exact) mass is 205 g/mol. The van der Waals surface area contributed by atoms with Gasteiger partial charge < -0.3 is 5.11 Å². The van der Waals surface area contributed by atoms with E-state index >= 15 is 0 Å². The van der Waals surface area contributed by atoms with Crippen LogP contribution < -0.4 is 0 Å². The lowest BCUT2D eigenvalue weighted by atomic mass is 10.3. The zero-order valence-electron chi connectivity index (χ0n) is 7.66. The van der Waals surface area contributed by atoms with Gasteiger partial charge in [-0.1, -0.05) is 0 Å². The summed E-state index contributed by atoms with van der Waals surface area (Å²) in [4.78, 5) is 13.9. The van der Waals surface area contributed by atoms with E-state index in [2.05, 4.69) is 10.1 Å². The normalized spacial score (nSPS) is 11.7. The Labute approximate surface area is 78.4 Å². The number of hydrogen-bond donors (Lipinski definition) is 1. The second-order valence-corrected chi connectivity index (χ2v) is 2.87. The first-order chi connectivity index (χ1) is 6.33. The number of carboxylic acids is 1. The van der Waals surface area contributed by atoms with E-state index in [1.54, 1.807) is 6.92 Å². The van der Waals surface area contributed by atoms with Crippen molar-refractivity contribution < 1.29 is 18.7 Å². The molecule has 0 atom stereocenters. The van der Waals surface area contributed by atoms with Crippen molar-refractivity contribution in [1.82, 2.24) is 14.8 Å². The Bertz CT molecular complexity index is 362. The van der Waals surface area contributed by atoms with Crippen molar-refractivity contribution in [3.05, 3.63) is 11.6 Å². The Morgan fingerprint density at radius 3 is 2.50 bits per heavy atom. The maximum absolute atomic E-state index is 12.7. The van der Waals surface area contributed by atoms with Crippen molar-refractivity contribution in [3.63, 3.8) is 0 Å². The van der Waals surface area contributed by atoms with Gasteiger partial charge in [-0.05, 0) is 13.8 Å². The Morgan fingerprint density at radius 2 is 2.14 bits per heavy atom. The molecule has 1 heterocycles. The van der Waals surface area contributed by atoms with Crippen molar-refractivity contribution in [2.45, 2.75) is 26.3 Å². The third kappa shape index (κ3) is 2.04. The van der Waals surface area contributed by atoms with Gasteiger partial charge in [0.1, 0.15) is 18.2 Å². The molecule has 0 saturated heterocycles. The molecule has 14 heavy (non-hydrogen) atoms. The third-order valence-corrected chi connectivity index (χ3v) is 1.62. The van der Waals surface area contributed by atoms with Crippen molar-refractivity contribution in [2.75, 3.05) is 0 Å². The van der Waals surface area contributed by atoms with E-state index < -0.39 is 18.4 Å². The largest absolute Gasteiger partial charge is 0.477 e. The molecule has 0 aliphatic heterocycles. The minimum atomic E-state index is -3.81. The number of halogens is 2. The minimum absolute atomic E-state index is 0.267. The van der Waals surface area contributed by atoms with Gasteiger partial charge in [0.25, 0.3) is 0 Å². The molecule has 5 nitrogen and oxygen atoms in total. The molecule has 0 bridgehead atoms. The van der Waals surface area contributed by atoms with Crippen LogP contribution in [0.3, 0.4) is 0 Å². The maximum atomic E-state index is 12.7. The highest BCUT2D eigenvalue weighted by atomic mass is 19.3. The van der Waals surface area contributed by atoms with Gasteiger partial charge in [-0.15, -0.1) is 0 Å². The predicted molar refractivity (Wildman–Crippen MR) is 42.1 cm³/mol. The number of aryl methyl sites for hydroxylation is 2. The molecule has 0 spiro atoms. The summed E-state index contributed by atoms with van der Waals surface area (Å²) in [6.45, 7) is 2.04.